The molecule has 0 bridgehead atoms. The van der Waals surface area contributed by atoms with Crippen LogP contribution in [0.2, 0.25) is 0 Å². The standard InChI is InChI=1S/C16H28N2O3/c1-6-16(4,9-17-5)12-21-11-15(2,3)10-18-13(19)7-8-14(18)20/h7-8,17H,6,9-12H2,1-5H3. The molecule has 0 aromatic heterocycles. The lowest BCUT2D eigenvalue weighted by Gasteiger charge is -2.32. The third kappa shape index (κ3) is 5.25. The van der Waals surface area contributed by atoms with Crippen molar-refractivity contribution in [1.82, 2.24) is 10.2 Å². The van der Waals surface area contributed by atoms with Crippen LogP contribution in [0.25, 0.3) is 0 Å². The molecule has 1 aliphatic heterocycles. The molecule has 5 heteroatoms. The van der Waals surface area contributed by atoms with Crippen LogP contribution in [-0.2, 0) is 14.3 Å². The quantitative estimate of drug-likeness (QED) is 0.657. The third-order valence-electron chi connectivity index (χ3n) is 3.89. The Hall–Kier alpha value is -1.20. The number of carbonyl (C=O) groups excluding carboxylic acids is 2. The number of ether oxygens (including phenoxy) is 1. The van der Waals surface area contributed by atoms with E-state index in [0.717, 1.165) is 13.0 Å². The molecule has 1 rings (SSSR count). The number of carbonyl (C=O) groups is 2. The fraction of sp³-hybridized carbons (Fsp3) is 0.750. The van der Waals surface area contributed by atoms with E-state index in [1.807, 2.05) is 20.9 Å². The average molecular weight is 296 g/mol. The van der Waals surface area contributed by atoms with Gasteiger partial charge in [0.05, 0.1) is 13.2 Å². The topological polar surface area (TPSA) is 58.6 Å². The fourth-order valence-electron chi connectivity index (χ4n) is 2.34. The maximum atomic E-state index is 11.6. The average Bonchev–Trinajstić information content (AvgIpc) is 2.70. The molecule has 21 heavy (non-hydrogen) atoms. The molecule has 120 valence electrons. The molecule has 5 nitrogen and oxygen atoms in total. The lowest BCUT2D eigenvalue weighted by Crippen LogP contribution is -2.41. The van der Waals surface area contributed by atoms with Crippen molar-refractivity contribution in [3.8, 4) is 0 Å². The Bertz CT molecular complexity index is 400. The third-order valence-corrected chi connectivity index (χ3v) is 3.89. The molecule has 0 radical (unpaired) electrons. The number of nitrogens with one attached hydrogen (secondary N) is 1. The van der Waals surface area contributed by atoms with Gasteiger partial charge >= 0.3 is 0 Å². The number of rotatable bonds is 9. The van der Waals surface area contributed by atoms with Gasteiger partial charge in [-0.25, -0.2) is 0 Å². The lowest BCUT2D eigenvalue weighted by molar-refractivity contribution is -0.139. The van der Waals surface area contributed by atoms with Gasteiger partial charge in [0.2, 0.25) is 0 Å². The number of imide groups is 1. The lowest BCUT2D eigenvalue weighted by atomic mass is 9.88. The van der Waals surface area contributed by atoms with E-state index >= 15 is 0 Å². The van der Waals surface area contributed by atoms with Crippen molar-refractivity contribution in [1.29, 1.82) is 0 Å². The summed E-state index contributed by atoms with van der Waals surface area (Å²) >= 11 is 0. The van der Waals surface area contributed by atoms with Crippen LogP contribution in [0.1, 0.15) is 34.1 Å². The van der Waals surface area contributed by atoms with E-state index < -0.39 is 0 Å². The molecule has 1 atom stereocenters. The van der Waals surface area contributed by atoms with Gasteiger partial charge in [0.1, 0.15) is 0 Å². The fourth-order valence-corrected chi connectivity index (χ4v) is 2.34. The van der Waals surface area contributed by atoms with E-state index in [1.165, 1.54) is 17.1 Å². The van der Waals surface area contributed by atoms with E-state index in [1.54, 1.807) is 0 Å². The molecule has 1 unspecified atom stereocenters. The highest BCUT2D eigenvalue weighted by atomic mass is 16.5. The van der Waals surface area contributed by atoms with Crippen molar-refractivity contribution in [2.24, 2.45) is 10.8 Å². The Balaban J connectivity index is 2.46. The summed E-state index contributed by atoms with van der Waals surface area (Å²) in [6.45, 7) is 10.8. The molecule has 0 aromatic carbocycles. The number of nitrogens with zero attached hydrogens (tertiary/aromatic N) is 1. The van der Waals surface area contributed by atoms with Gasteiger partial charge in [-0.2, -0.15) is 0 Å². The van der Waals surface area contributed by atoms with Crippen LogP contribution < -0.4 is 5.32 Å². The molecular weight excluding hydrogens is 268 g/mol. The highest BCUT2D eigenvalue weighted by Crippen LogP contribution is 2.24. The summed E-state index contributed by atoms with van der Waals surface area (Å²) in [5.41, 5.74) is -0.155. The number of amides is 2. The molecule has 0 saturated heterocycles. The molecule has 0 spiro atoms. The zero-order valence-electron chi connectivity index (χ0n) is 13.9. The summed E-state index contributed by atoms with van der Waals surface area (Å²) in [6, 6.07) is 0. The second-order valence-electron chi connectivity index (χ2n) is 6.95. The Labute approximate surface area is 127 Å². The predicted molar refractivity (Wildman–Crippen MR) is 82.8 cm³/mol. The van der Waals surface area contributed by atoms with Crippen molar-refractivity contribution in [2.75, 3.05) is 33.4 Å². The summed E-state index contributed by atoms with van der Waals surface area (Å²) < 4.78 is 5.88. The van der Waals surface area contributed by atoms with E-state index in [-0.39, 0.29) is 22.6 Å². The van der Waals surface area contributed by atoms with Gasteiger partial charge in [-0.1, -0.05) is 27.7 Å². The van der Waals surface area contributed by atoms with Crippen LogP contribution in [0.4, 0.5) is 0 Å². The van der Waals surface area contributed by atoms with Crippen LogP contribution in [-0.4, -0.2) is 50.1 Å². The predicted octanol–water partition coefficient (Wildman–Crippen LogP) is 1.59. The highest BCUT2D eigenvalue weighted by Gasteiger charge is 2.31. The number of hydrogen-bond acceptors (Lipinski definition) is 4. The minimum atomic E-state index is -0.258. The number of hydrogen-bond donors (Lipinski definition) is 1. The first-order chi connectivity index (χ1) is 9.73. The Morgan fingerprint density at radius 2 is 1.71 bits per heavy atom. The maximum absolute atomic E-state index is 11.6. The van der Waals surface area contributed by atoms with Crippen molar-refractivity contribution in [3.63, 3.8) is 0 Å². The minimum absolute atomic E-state index is 0.103. The first-order valence-electron chi connectivity index (χ1n) is 7.49. The van der Waals surface area contributed by atoms with Gasteiger partial charge in [0.25, 0.3) is 11.8 Å². The van der Waals surface area contributed by atoms with Crippen LogP contribution in [0, 0.1) is 10.8 Å². The molecule has 1 N–H and O–H groups in total. The molecule has 0 saturated carbocycles. The summed E-state index contributed by atoms with van der Waals surface area (Å²) in [4.78, 5) is 24.5. The van der Waals surface area contributed by atoms with E-state index in [2.05, 4.69) is 19.2 Å². The van der Waals surface area contributed by atoms with Gasteiger partial charge in [-0.15, -0.1) is 0 Å². The smallest absolute Gasteiger partial charge is 0.253 e. The minimum Gasteiger partial charge on any atom is -0.380 e. The molecule has 1 aliphatic rings. The zero-order valence-corrected chi connectivity index (χ0v) is 13.9. The van der Waals surface area contributed by atoms with E-state index in [4.69, 9.17) is 4.74 Å². The van der Waals surface area contributed by atoms with Crippen molar-refractivity contribution < 1.29 is 14.3 Å². The Morgan fingerprint density at radius 3 is 2.19 bits per heavy atom. The van der Waals surface area contributed by atoms with Crippen molar-refractivity contribution >= 4 is 11.8 Å². The van der Waals surface area contributed by atoms with E-state index in [0.29, 0.717) is 19.8 Å². The van der Waals surface area contributed by atoms with Crippen LogP contribution in [0.3, 0.4) is 0 Å². The van der Waals surface area contributed by atoms with Gasteiger partial charge in [-0.3, -0.25) is 14.5 Å². The molecule has 1 heterocycles. The Kier molecular flexibility index (Phi) is 6.10. The van der Waals surface area contributed by atoms with Crippen LogP contribution in [0.15, 0.2) is 12.2 Å². The van der Waals surface area contributed by atoms with Gasteiger partial charge in [0, 0.05) is 36.1 Å². The highest BCUT2D eigenvalue weighted by molar-refractivity contribution is 6.12. The Morgan fingerprint density at radius 1 is 1.14 bits per heavy atom. The monoisotopic (exact) mass is 296 g/mol. The van der Waals surface area contributed by atoms with Crippen LogP contribution >= 0.6 is 0 Å². The summed E-state index contributed by atoms with van der Waals surface area (Å²) in [7, 11) is 1.94. The maximum Gasteiger partial charge on any atom is 0.253 e. The molecule has 0 aliphatic carbocycles. The first kappa shape index (κ1) is 17.9. The summed E-state index contributed by atoms with van der Waals surface area (Å²) in [6.07, 6.45) is 3.67. The molecule has 0 aromatic rings. The first-order valence-corrected chi connectivity index (χ1v) is 7.49. The molecular formula is C16H28N2O3. The largest absolute Gasteiger partial charge is 0.380 e. The second-order valence-corrected chi connectivity index (χ2v) is 6.95. The molecule has 0 fully saturated rings. The molecule has 2 amide bonds. The van der Waals surface area contributed by atoms with Gasteiger partial charge in [0.15, 0.2) is 0 Å². The van der Waals surface area contributed by atoms with Gasteiger partial charge in [-0.05, 0) is 13.5 Å². The summed E-state index contributed by atoms with van der Waals surface area (Å²) in [5, 5.41) is 3.19. The van der Waals surface area contributed by atoms with Crippen LogP contribution in [0.5, 0.6) is 0 Å². The zero-order chi connectivity index (χ0) is 16.1. The SMILES string of the molecule is CCC(C)(CNC)COCC(C)(C)CN1C(=O)C=CC1=O. The van der Waals surface area contributed by atoms with Crippen molar-refractivity contribution in [3.05, 3.63) is 12.2 Å². The second kappa shape index (κ2) is 7.18. The normalized spacial score (nSPS) is 18.4. The summed E-state index contributed by atoms with van der Waals surface area (Å²) in [5.74, 6) is -0.469. The van der Waals surface area contributed by atoms with Crippen molar-refractivity contribution in [2.45, 2.75) is 34.1 Å². The van der Waals surface area contributed by atoms with E-state index in [9.17, 15) is 9.59 Å². The van der Waals surface area contributed by atoms with Gasteiger partial charge < -0.3 is 10.1 Å².